The molecule has 0 saturated heterocycles. The number of hydrogen-bond acceptors (Lipinski definition) is 4. The SMILES string of the molecule is Cc1cc(-n2nc3c(c2N)[C@H](C)N(C(=O)OC(C)(C)C)CC3(F)F)cc(C)c1F. The van der Waals surface area contributed by atoms with Gasteiger partial charge in [0.15, 0.2) is 0 Å². The Morgan fingerprint density at radius 3 is 2.34 bits per heavy atom. The molecule has 1 atom stereocenters. The van der Waals surface area contributed by atoms with Crippen LogP contribution in [0.15, 0.2) is 12.1 Å². The molecule has 0 radical (unpaired) electrons. The molecule has 0 bridgehead atoms. The molecule has 1 aromatic heterocycles. The van der Waals surface area contributed by atoms with Crippen molar-refractivity contribution in [2.75, 3.05) is 12.3 Å². The van der Waals surface area contributed by atoms with E-state index in [1.165, 1.54) is 16.8 Å². The van der Waals surface area contributed by atoms with Gasteiger partial charge in [0, 0.05) is 5.56 Å². The van der Waals surface area contributed by atoms with Crippen molar-refractivity contribution in [2.24, 2.45) is 0 Å². The number of nitrogens with two attached hydrogens (primary N) is 1. The number of nitrogen functional groups attached to an aromatic ring is 1. The molecule has 1 aromatic carbocycles. The molecule has 9 heteroatoms. The Hall–Kier alpha value is -2.71. The zero-order valence-corrected chi connectivity index (χ0v) is 17.3. The van der Waals surface area contributed by atoms with Crippen LogP contribution in [0.25, 0.3) is 5.69 Å². The lowest BCUT2D eigenvalue weighted by Gasteiger charge is -2.37. The van der Waals surface area contributed by atoms with Gasteiger partial charge in [0.25, 0.3) is 0 Å². The molecular formula is C20H25F3N4O2. The van der Waals surface area contributed by atoms with Crippen LogP contribution in [0, 0.1) is 19.7 Å². The Morgan fingerprint density at radius 2 is 1.83 bits per heavy atom. The molecule has 0 saturated carbocycles. The number of carbonyl (C=O) groups is 1. The zero-order chi connectivity index (χ0) is 21.9. The fourth-order valence-electron chi connectivity index (χ4n) is 3.49. The lowest BCUT2D eigenvalue weighted by molar-refractivity contribution is -0.0702. The second kappa shape index (κ2) is 6.67. The Bertz CT molecular complexity index is 956. The van der Waals surface area contributed by atoms with Gasteiger partial charge >= 0.3 is 12.0 Å². The monoisotopic (exact) mass is 410 g/mol. The number of halogens is 3. The molecule has 1 amide bonds. The summed E-state index contributed by atoms with van der Waals surface area (Å²) in [5.74, 6) is -3.81. The number of nitrogens with zero attached hydrogens (tertiary/aromatic N) is 3. The van der Waals surface area contributed by atoms with Gasteiger partial charge < -0.3 is 10.5 Å². The van der Waals surface area contributed by atoms with Gasteiger partial charge in [0.05, 0.1) is 18.3 Å². The molecule has 3 rings (SSSR count). The van der Waals surface area contributed by atoms with E-state index in [9.17, 15) is 18.0 Å². The predicted octanol–water partition coefficient (Wildman–Crippen LogP) is 4.61. The summed E-state index contributed by atoms with van der Waals surface area (Å²) >= 11 is 0. The standard InChI is InChI=1S/C20H25F3N4O2/c1-10-7-13(8-11(2)15(10)21)27-17(24)14-12(3)26(18(28)29-19(4,5)6)9-20(22,23)16(14)25-27/h7-8,12H,9,24H2,1-6H3/t12-/m0/s1. The number of aryl methyl sites for hydroxylation is 2. The molecule has 1 aliphatic heterocycles. The Kier molecular flexibility index (Phi) is 4.83. The van der Waals surface area contributed by atoms with Gasteiger partial charge in [-0.15, -0.1) is 0 Å². The van der Waals surface area contributed by atoms with E-state index in [1.54, 1.807) is 41.5 Å². The van der Waals surface area contributed by atoms with Gasteiger partial charge in [-0.2, -0.15) is 13.9 Å². The van der Waals surface area contributed by atoms with E-state index in [2.05, 4.69) is 5.10 Å². The van der Waals surface area contributed by atoms with E-state index in [0.717, 1.165) is 4.90 Å². The van der Waals surface area contributed by atoms with E-state index in [-0.39, 0.29) is 17.2 Å². The van der Waals surface area contributed by atoms with Crippen molar-refractivity contribution in [1.82, 2.24) is 14.7 Å². The molecule has 6 nitrogen and oxygen atoms in total. The average Bonchev–Trinajstić information content (AvgIpc) is 2.93. The zero-order valence-electron chi connectivity index (χ0n) is 17.3. The molecular weight excluding hydrogens is 385 g/mol. The lowest BCUT2D eigenvalue weighted by atomic mass is 9.97. The second-order valence-corrected chi connectivity index (χ2v) is 8.44. The normalized spacial score (nSPS) is 18.5. The van der Waals surface area contributed by atoms with Crippen molar-refractivity contribution in [2.45, 2.75) is 59.1 Å². The highest BCUT2D eigenvalue weighted by Crippen LogP contribution is 2.45. The van der Waals surface area contributed by atoms with Crippen molar-refractivity contribution in [3.63, 3.8) is 0 Å². The van der Waals surface area contributed by atoms with Gasteiger partial charge in [0.2, 0.25) is 0 Å². The third kappa shape index (κ3) is 3.65. The van der Waals surface area contributed by atoms with Gasteiger partial charge in [-0.05, 0) is 64.8 Å². The molecule has 2 heterocycles. The molecule has 0 fully saturated rings. The van der Waals surface area contributed by atoms with Crippen LogP contribution < -0.4 is 5.73 Å². The van der Waals surface area contributed by atoms with Crippen molar-refractivity contribution in [3.05, 3.63) is 40.3 Å². The van der Waals surface area contributed by atoms with Gasteiger partial charge in [-0.3, -0.25) is 4.90 Å². The predicted molar refractivity (Wildman–Crippen MR) is 103 cm³/mol. The molecule has 29 heavy (non-hydrogen) atoms. The first kappa shape index (κ1) is 21.0. The maximum Gasteiger partial charge on any atom is 0.411 e. The summed E-state index contributed by atoms with van der Waals surface area (Å²) in [6.07, 6.45) is -0.851. The molecule has 0 aliphatic carbocycles. The van der Waals surface area contributed by atoms with Crippen molar-refractivity contribution < 1.29 is 22.7 Å². The van der Waals surface area contributed by atoms with E-state index in [0.29, 0.717) is 16.8 Å². The summed E-state index contributed by atoms with van der Waals surface area (Å²) in [6, 6.07) is 2.22. The minimum atomic E-state index is -3.41. The highest BCUT2D eigenvalue weighted by molar-refractivity contribution is 5.71. The number of carbonyl (C=O) groups excluding carboxylic acids is 1. The van der Waals surface area contributed by atoms with Crippen LogP contribution >= 0.6 is 0 Å². The summed E-state index contributed by atoms with van der Waals surface area (Å²) in [4.78, 5) is 13.5. The van der Waals surface area contributed by atoms with Crippen LogP contribution in [0.1, 0.15) is 56.1 Å². The van der Waals surface area contributed by atoms with E-state index >= 15 is 0 Å². The highest BCUT2D eigenvalue weighted by Gasteiger charge is 2.50. The number of benzene rings is 1. The molecule has 0 spiro atoms. The first-order valence-corrected chi connectivity index (χ1v) is 9.26. The molecule has 158 valence electrons. The van der Waals surface area contributed by atoms with Crippen LogP contribution in [-0.2, 0) is 10.7 Å². The average molecular weight is 410 g/mol. The maximum atomic E-state index is 14.9. The van der Waals surface area contributed by atoms with Crippen LogP contribution in [0.4, 0.5) is 23.8 Å². The summed E-state index contributed by atoms with van der Waals surface area (Å²) in [6.45, 7) is 8.87. The Labute approximate surface area is 167 Å². The van der Waals surface area contributed by atoms with E-state index < -0.39 is 35.9 Å². The molecule has 0 unspecified atom stereocenters. The third-order valence-electron chi connectivity index (χ3n) is 4.85. The minimum Gasteiger partial charge on any atom is -0.444 e. The number of amides is 1. The highest BCUT2D eigenvalue weighted by atomic mass is 19.3. The number of hydrogen-bond donors (Lipinski definition) is 1. The summed E-state index contributed by atoms with van der Waals surface area (Å²) < 4.78 is 50.2. The van der Waals surface area contributed by atoms with Crippen LogP contribution in [0.5, 0.6) is 0 Å². The van der Waals surface area contributed by atoms with E-state index in [1.807, 2.05) is 0 Å². The number of alkyl halides is 2. The quantitative estimate of drug-likeness (QED) is 0.745. The summed E-state index contributed by atoms with van der Waals surface area (Å²) in [5, 5.41) is 4.04. The van der Waals surface area contributed by atoms with Crippen molar-refractivity contribution >= 4 is 11.9 Å². The van der Waals surface area contributed by atoms with Gasteiger partial charge in [-0.1, -0.05) is 0 Å². The Morgan fingerprint density at radius 1 is 1.28 bits per heavy atom. The smallest absolute Gasteiger partial charge is 0.411 e. The summed E-state index contributed by atoms with van der Waals surface area (Å²) in [7, 11) is 0. The van der Waals surface area contributed by atoms with Crippen molar-refractivity contribution in [1.29, 1.82) is 0 Å². The summed E-state index contributed by atoms with van der Waals surface area (Å²) in [5.41, 5.74) is 6.01. The number of ether oxygens (including phenoxy) is 1. The second-order valence-electron chi connectivity index (χ2n) is 8.44. The van der Waals surface area contributed by atoms with Crippen LogP contribution in [-0.4, -0.2) is 32.9 Å². The number of aromatic nitrogens is 2. The molecule has 2 N–H and O–H groups in total. The number of rotatable bonds is 1. The molecule has 2 aromatic rings. The van der Waals surface area contributed by atoms with Gasteiger partial charge in [0.1, 0.15) is 22.9 Å². The third-order valence-corrected chi connectivity index (χ3v) is 4.85. The van der Waals surface area contributed by atoms with Crippen LogP contribution in [0.2, 0.25) is 0 Å². The van der Waals surface area contributed by atoms with Crippen molar-refractivity contribution in [3.8, 4) is 5.69 Å². The Balaban J connectivity index is 2.10. The first-order chi connectivity index (χ1) is 13.2. The maximum absolute atomic E-state index is 14.9. The fraction of sp³-hybridized carbons (Fsp3) is 0.500. The largest absolute Gasteiger partial charge is 0.444 e. The number of fused-ring (bicyclic) bond motifs is 1. The lowest BCUT2D eigenvalue weighted by Crippen LogP contribution is -2.47. The first-order valence-electron chi connectivity index (χ1n) is 9.26. The topological polar surface area (TPSA) is 73.4 Å². The minimum absolute atomic E-state index is 0.0224. The van der Waals surface area contributed by atoms with E-state index in [4.69, 9.17) is 10.5 Å². The van der Waals surface area contributed by atoms with Crippen LogP contribution in [0.3, 0.4) is 0 Å². The molecule has 1 aliphatic rings. The fourth-order valence-corrected chi connectivity index (χ4v) is 3.49. The van der Waals surface area contributed by atoms with Gasteiger partial charge in [-0.25, -0.2) is 13.9 Å². The number of anilines is 1.